The third-order valence-corrected chi connectivity index (χ3v) is 4.69. The summed E-state index contributed by atoms with van der Waals surface area (Å²) in [5.41, 5.74) is 1.20. The number of rotatable bonds is 3. The molecule has 1 aromatic heterocycles. The number of hydrogen-bond donors (Lipinski definition) is 2. The maximum absolute atomic E-state index is 12.9. The lowest BCUT2D eigenvalue weighted by Crippen LogP contribution is -2.28. The fourth-order valence-electron chi connectivity index (χ4n) is 3.43. The number of anilines is 1. The van der Waals surface area contributed by atoms with Crippen LogP contribution in [-0.2, 0) is 4.79 Å². The van der Waals surface area contributed by atoms with Gasteiger partial charge in [0.2, 0.25) is 5.91 Å². The second-order valence-corrected chi connectivity index (χ2v) is 6.15. The Balaban J connectivity index is 0.00000121. The first-order chi connectivity index (χ1) is 11.8. The molecular weight excluding hydrogens is 369 g/mol. The van der Waals surface area contributed by atoms with Gasteiger partial charge in [0.15, 0.2) is 0 Å². The van der Waals surface area contributed by atoms with Crippen LogP contribution >= 0.6 is 24.8 Å². The summed E-state index contributed by atoms with van der Waals surface area (Å²) in [7, 11) is 0. The fourth-order valence-corrected chi connectivity index (χ4v) is 3.43. The maximum atomic E-state index is 12.9. The number of fused-ring (bicyclic) bond motifs is 1. The molecule has 3 aromatic rings. The molecule has 6 heteroatoms. The Morgan fingerprint density at radius 2 is 1.69 bits per heavy atom. The molecule has 1 fully saturated rings. The summed E-state index contributed by atoms with van der Waals surface area (Å²) in [4.78, 5) is 17.2. The van der Waals surface area contributed by atoms with Crippen molar-refractivity contribution < 1.29 is 4.79 Å². The highest BCUT2D eigenvalue weighted by atomic mass is 35.5. The molecule has 1 aliphatic rings. The highest BCUT2D eigenvalue weighted by Gasteiger charge is 2.34. The van der Waals surface area contributed by atoms with Gasteiger partial charge in [-0.25, -0.2) is 4.98 Å². The molecule has 0 spiro atoms. The van der Waals surface area contributed by atoms with E-state index in [1.807, 2.05) is 48.5 Å². The van der Waals surface area contributed by atoms with Gasteiger partial charge in [-0.15, -0.1) is 24.8 Å². The van der Waals surface area contributed by atoms with E-state index in [0.717, 1.165) is 17.3 Å². The van der Waals surface area contributed by atoms with E-state index in [-0.39, 0.29) is 42.6 Å². The highest BCUT2D eigenvalue weighted by Crippen LogP contribution is 2.29. The van der Waals surface area contributed by atoms with Crippen LogP contribution in [0.5, 0.6) is 0 Å². The summed E-state index contributed by atoms with van der Waals surface area (Å²) in [6.45, 7) is 1.52. The minimum atomic E-state index is -0.0897. The van der Waals surface area contributed by atoms with Crippen LogP contribution in [-0.4, -0.2) is 24.0 Å². The average Bonchev–Trinajstić information content (AvgIpc) is 3.13. The lowest BCUT2D eigenvalue weighted by atomic mass is 9.88. The maximum Gasteiger partial charge on any atom is 0.230 e. The molecule has 0 saturated carbocycles. The van der Waals surface area contributed by atoms with Crippen molar-refractivity contribution in [3.63, 3.8) is 0 Å². The molecule has 26 heavy (non-hydrogen) atoms. The van der Waals surface area contributed by atoms with Gasteiger partial charge in [0, 0.05) is 30.6 Å². The van der Waals surface area contributed by atoms with Crippen molar-refractivity contribution in [2.24, 2.45) is 5.92 Å². The van der Waals surface area contributed by atoms with Gasteiger partial charge in [-0.05, 0) is 17.0 Å². The molecule has 1 amide bonds. The van der Waals surface area contributed by atoms with E-state index in [9.17, 15) is 4.79 Å². The number of carbonyl (C=O) groups is 1. The Morgan fingerprint density at radius 3 is 2.50 bits per heavy atom. The van der Waals surface area contributed by atoms with Gasteiger partial charge in [0.25, 0.3) is 0 Å². The second-order valence-electron chi connectivity index (χ2n) is 6.15. The fraction of sp³-hybridized carbons (Fsp3) is 0.200. The third kappa shape index (κ3) is 3.98. The normalized spacial score (nSPS) is 18.6. The number of pyridine rings is 1. The van der Waals surface area contributed by atoms with Crippen molar-refractivity contribution in [1.82, 2.24) is 10.3 Å². The third-order valence-electron chi connectivity index (χ3n) is 4.69. The van der Waals surface area contributed by atoms with Crippen LogP contribution in [0.3, 0.4) is 0 Å². The van der Waals surface area contributed by atoms with E-state index in [4.69, 9.17) is 0 Å². The van der Waals surface area contributed by atoms with Gasteiger partial charge >= 0.3 is 0 Å². The van der Waals surface area contributed by atoms with Crippen molar-refractivity contribution in [2.45, 2.75) is 5.92 Å². The summed E-state index contributed by atoms with van der Waals surface area (Å²) in [5, 5.41) is 8.42. The van der Waals surface area contributed by atoms with Crippen LogP contribution < -0.4 is 10.6 Å². The SMILES string of the molecule is Cl.Cl.O=C(Nc1nccc2ccccc12)[C@@H]1CNC[C@H]1c1ccccc1. The number of benzene rings is 2. The van der Waals surface area contributed by atoms with Crippen LogP contribution in [0.4, 0.5) is 5.82 Å². The topological polar surface area (TPSA) is 54.0 Å². The molecule has 2 aromatic carbocycles. The molecule has 0 unspecified atom stereocenters. The molecule has 0 radical (unpaired) electrons. The number of amides is 1. The minimum absolute atomic E-state index is 0. The van der Waals surface area contributed by atoms with Gasteiger partial charge in [0.1, 0.15) is 5.82 Å². The summed E-state index contributed by atoms with van der Waals surface area (Å²) in [6, 6.07) is 20.1. The average molecular weight is 390 g/mol. The number of nitrogens with zero attached hydrogens (tertiary/aromatic N) is 1. The summed E-state index contributed by atoms with van der Waals surface area (Å²) in [5.74, 6) is 0.767. The molecule has 4 rings (SSSR count). The van der Waals surface area contributed by atoms with Gasteiger partial charge < -0.3 is 10.6 Å². The van der Waals surface area contributed by atoms with Crippen LogP contribution in [0, 0.1) is 5.92 Å². The predicted molar refractivity (Wildman–Crippen MR) is 110 cm³/mol. The Labute approximate surface area is 165 Å². The summed E-state index contributed by atoms with van der Waals surface area (Å²) >= 11 is 0. The smallest absolute Gasteiger partial charge is 0.230 e. The first-order valence-corrected chi connectivity index (χ1v) is 8.23. The molecule has 4 nitrogen and oxygen atoms in total. The molecule has 1 saturated heterocycles. The Bertz CT molecular complexity index is 868. The van der Waals surface area contributed by atoms with Crippen molar-refractivity contribution in [3.05, 3.63) is 72.4 Å². The van der Waals surface area contributed by atoms with E-state index in [1.165, 1.54) is 5.56 Å². The molecule has 0 bridgehead atoms. The lowest BCUT2D eigenvalue weighted by Gasteiger charge is -2.18. The standard InChI is InChI=1S/C20H19N3O.2ClH/c24-20(18-13-21-12-17(18)14-6-2-1-3-7-14)23-19-16-9-5-4-8-15(16)10-11-22-19;;/h1-11,17-18,21H,12-13H2,(H,22,23,24);2*1H/t17-,18+;;/m0../s1. The van der Waals surface area contributed by atoms with Crippen molar-refractivity contribution in [1.29, 1.82) is 0 Å². The van der Waals surface area contributed by atoms with Crippen LogP contribution in [0.15, 0.2) is 66.9 Å². The van der Waals surface area contributed by atoms with Crippen molar-refractivity contribution >= 4 is 47.3 Å². The van der Waals surface area contributed by atoms with E-state index in [1.54, 1.807) is 6.20 Å². The van der Waals surface area contributed by atoms with Crippen molar-refractivity contribution in [2.75, 3.05) is 18.4 Å². The van der Waals surface area contributed by atoms with Crippen LogP contribution in [0.2, 0.25) is 0 Å². The van der Waals surface area contributed by atoms with E-state index < -0.39 is 0 Å². The Kier molecular flexibility index (Phi) is 6.98. The van der Waals surface area contributed by atoms with Crippen molar-refractivity contribution in [3.8, 4) is 0 Å². The molecule has 1 aliphatic heterocycles. The molecule has 2 heterocycles. The monoisotopic (exact) mass is 389 g/mol. The largest absolute Gasteiger partial charge is 0.315 e. The predicted octanol–water partition coefficient (Wildman–Crippen LogP) is 4.02. The zero-order valence-electron chi connectivity index (χ0n) is 14.1. The first kappa shape index (κ1) is 20.2. The van der Waals surface area contributed by atoms with Gasteiger partial charge in [-0.1, -0.05) is 54.6 Å². The van der Waals surface area contributed by atoms with E-state index in [2.05, 4.69) is 27.8 Å². The van der Waals surface area contributed by atoms with Crippen LogP contribution in [0.1, 0.15) is 11.5 Å². The second kappa shape index (κ2) is 8.99. The first-order valence-electron chi connectivity index (χ1n) is 8.23. The van der Waals surface area contributed by atoms with Gasteiger partial charge in [0.05, 0.1) is 5.92 Å². The number of hydrogen-bond acceptors (Lipinski definition) is 3. The van der Waals surface area contributed by atoms with E-state index in [0.29, 0.717) is 12.4 Å². The Hall–Kier alpha value is -2.14. The zero-order valence-corrected chi connectivity index (χ0v) is 15.7. The van der Waals surface area contributed by atoms with Gasteiger partial charge in [-0.3, -0.25) is 4.79 Å². The minimum Gasteiger partial charge on any atom is -0.315 e. The molecule has 2 N–H and O–H groups in total. The number of carbonyl (C=O) groups excluding carboxylic acids is 1. The number of halogens is 2. The summed E-state index contributed by atoms with van der Waals surface area (Å²) in [6.07, 6.45) is 1.74. The summed E-state index contributed by atoms with van der Waals surface area (Å²) < 4.78 is 0. The molecule has 2 atom stereocenters. The van der Waals surface area contributed by atoms with Crippen LogP contribution in [0.25, 0.3) is 10.8 Å². The number of nitrogens with one attached hydrogen (secondary N) is 2. The highest BCUT2D eigenvalue weighted by molar-refractivity contribution is 6.01. The Morgan fingerprint density at radius 1 is 0.962 bits per heavy atom. The number of aromatic nitrogens is 1. The molecule has 136 valence electrons. The quantitative estimate of drug-likeness (QED) is 0.710. The van der Waals surface area contributed by atoms with E-state index >= 15 is 0 Å². The van der Waals surface area contributed by atoms with Gasteiger partial charge in [-0.2, -0.15) is 0 Å². The lowest BCUT2D eigenvalue weighted by molar-refractivity contribution is -0.119. The molecule has 0 aliphatic carbocycles. The zero-order chi connectivity index (χ0) is 16.4. The molecular formula is C20H21Cl2N3O.